The van der Waals surface area contributed by atoms with Crippen LogP contribution in [0.2, 0.25) is 0 Å². The molecule has 7 heteroatoms. The number of carbonyl (C=O) groups excluding carboxylic acids is 1. The van der Waals surface area contributed by atoms with Crippen molar-refractivity contribution < 1.29 is 13.9 Å². The fourth-order valence-corrected chi connectivity index (χ4v) is 2.02. The highest BCUT2D eigenvalue weighted by Gasteiger charge is 2.09. The minimum absolute atomic E-state index is 0.266. The maximum atomic E-state index is 12.3. The zero-order valence-corrected chi connectivity index (χ0v) is 13.0. The number of hydrogen-bond donors (Lipinski definition) is 2. The number of furan rings is 1. The topological polar surface area (TPSA) is 89.3 Å². The monoisotopic (exact) mass is 324 g/mol. The van der Waals surface area contributed by atoms with Crippen LogP contribution in [0.4, 0.5) is 11.6 Å². The summed E-state index contributed by atoms with van der Waals surface area (Å²) in [6, 6.07) is 12.3. The summed E-state index contributed by atoms with van der Waals surface area (Å²) in [5.74, 6) is 1.52. The lowest BCUT2D eigenvalue weighted by atomic mass is 10.3. The van der Waals surface area contributed by atoms with Gasteiger partial charge in [0, 0.05) is 11.9 Å². The van der Waals surface area contributed by atoms with Crippen LogP contribution in [-0.2, 0) is 6.54 Å². The molecule has 0 fully saturated rings. The zero-order chi connectivity index (χ0) is 16.8. The molecule has 3 rings (SSSR count). The Balaban J connectivity index is 1.64. The second kappa shape index (κ2) is 7.28. The normalized spacial score (nSPS) is 10.2. The molecule has 0 saturated heterocycles. The molecule has 0 aliphatic rings. The summed E-state index contributed by atoms with van der Waals surface area (Å²) in [4.78, 5) is 20.6. The Morgan fingerprint density at radius 3 is 2.75 bits per heavy atom. The third kappa shape index (κ3) is 3.89. The Bertz CT molecular complexity index is 801. The van der Waals surface area contributed by atoms with Crippen molar-refractivity contribution in [2.75, 3.05) is 17.7 Å². The van der Waals surface area contributed by atoms with E-state index in [0.717, 1.165) is 11.5 Å². The van der Waals surface area contributed by atoms with E-state index in [4.69, 9.17) is 9.15 Å². The lowest BCUT2D eigenvalue weighted by molar-refractivity contribution is 0.102. The van der Waals surface area contributed by atoms with E-state index in [1.165, 1.54) is 6.20 Å². The second-order valence-corrected chi connectivity index (χ2v) is 4.88. The molecule has 0 radical (unpaired) electrons. The van der Waals surface area contributed by atoms with Crippen LogP contribution in [0.3, 0.4) is 0 Å². The summed E-state index contributed by atoms with van der Waals surface area (Å²) >= 11 is 0. The molecule has 2 N–H and O–H groups in total. The van der Waals surface area contributed by atoms with Gasteiger partial charge in [-0.1, -0.05) is 0 Å². The van der Waals surface area contributed by atoms with Crippen molar-refractivity contribution in [1.82, 2.24) is 9.97 Å². The minimum atomic E-state index is -0.316. The molecule has 7 nitrogen and oxygen atoms in total. The first-order valence-corrected chi connectivity index (χ1v) is 7.29. The summed E-state index contributed by atoms with van der Waals surface area (Å²) < 4.78 is 10.3. The van der Waals surface area contributed by atoms with Crippen LogP contribution < -0.4 is 15.4 Å². The van der Waals surface area contributed by atoms with Crippen LogP contribution in [0.1, 0.15) is 16.2 Å². The molecule has 0 bridgehead atoms. The van der Waals surface area contributed by atoms with Gasteiger partial charge in [0.05, 0.1) is 19.9 Å². The first-order valence-electron chi connectivity index (χ1n) is 7.29. The molecular weight excluding hydrogens is 308 g/mol. The van der Waals surface area contributed by atoms with Crippen molar-refractivity contribution >= 4 is 17.5 Å². The number of methoxy groups -OCH3 is 1. The Kier molecular flexibility index (Phi) is 4.71. The third-order valence-electron chi connectivity index (χ3n) is 3.24. The summed E-state index contributed by atoms with van der Waals surface area (Å²) in [5.41, 5.74) is 0.923. The highest BCUT2D eigenvalue weighted by Crippen LogP contribution is 2.15. The molecule has 0 aliphatic carbocycles. The number of rotatable bonds is 6. The largest absolute Gasteiger partial charge is 0.497 e. The van der Waals surface area contributed by atoms with Crippen LogP contribution in [0.15, 0.2) is 59.3 Å². The van der Waals surface area contributed by atoms with Crippen molar-refractivity contribution in [2.45, 2.75) is 6.54 Å². The summed E-state index contributed by atoms with van der Waals surface area (Å²) in [5, 5.41) is 5.78. The molecule has 2 aromatic heterocycles. The third-order valence-corrected chi connectivity index (χ3v) is 3.24. The van der Waals surface area contributed by atoms with Crippen LogP contribution in [0.25, 0.3) is 0 Å². The molecule has 24 heavy (non-hydrogen) atoms. The average Bonchev–Trinajstić information content (AvgIpc) is 3.14. The summed E-state index contributed by atoms with van der Waals surface area (Å²) in [6.07, 6.45) is 3.12. The highest BCUT2D eigenvalue weighted by molar-refractivity contribution is 6.02. The number of aromatic nitrogens is 2. The van der Waals surface area contributed by atoms with Crippen molar-refractivity contribution in [3.8, 4) is 5.75 Å². The molecule has 0 unspecified atom stereocenters. The first-order chi connectivity index (χ1) is 11.7. The molecule has 0 spiro atoms. The Morgan fingerprint density at radius 2 is 2.04 bits per heavy atom. The molecule has 0 saturated carbocycles. The van der Waals surface area contributed by atoms with E-state index in [1.54, 1.807) is 49.8 Å². The van der Waals surface area contributed by atoms with Crippen LogP contribution >= 0.6 is 0 Å². The maximum absolute atomic E-state index is 12.3. The molecule has 2 heterocycles. The van der Waals surface area contributed by atoms with E-state index in [-0.39, 0.29) is 11.6 Å². The van der Waals surface area contributed by atoms with Crippen molar-refractivity contribution in [3.63, 3.8) is 0 Å². The SMILES string of the molecule is COc1ccc(NC(=O)c2ccnc(NCc3ccco3)n2)cc1. The van der Waals surface area contributed by atoms with Gasteiger partial charge in [-0.15, -0.1) is 0 Å². The molecular formula is C17H16N4O3. The van der Waals surface area contributed by atoms with Gasteiger partial charge in [-0.25, -0.2) is 9.97 Å². The van der Waals surface area contributed by atoms with Gasteiger partial charge in [0.15, 0.2) is 0 Å². The quantitative estimate of drug-likeness (QED) is 0.724. The van der Waals surface area contributed by atoms with Crippen molar-refractivity contribution in [1.29, 1.82) is 0 Å². The van der Waals surface area contributed by atoms with Gasteiger partial charge in [-0.05, 0) is 42.5 Å². The van der Waals surface area contributed by atoms with E-state index in [2.05, 4.69) is 20.6 Å². The standard InChI is InChI=1S/C17H16N4O3/c1-23-13-6-4-12(5-7-13)20-16(22)15-8-9-18-17(21-15)19-11-14-3-2-10-24-14/h2-10H,11H2,1H3,(H,20,22)(H,18,19,21). The molecule has 122 valence electrons. The Hall–Kier alpha value is -3.35. The predicted octanol–water partition coefficient (Wildman–Crippen LogP) is 2.94. The number of nitrogens with zero attached hydrogens (tertiary/aromatic N) is 2. The second-order valence-electron chi connectivity index (χ2n) is 4.88. The predicted molar refractivity (Wildman–Crippen MR) is 89.0 cm³/mol. The van der Waals surface area contributed by atoms with E-state index < -0.39 is 0 Å². The van der Waals surface area contributed by atoms with Gasteiger partial charge in [-0.2, -0.15) is 0 Å². The first kappa shape index (κ1) is 15.5. The zero-order valence-electron chi connectivity index (χ0n) is 13.0. The molecule has 3 aromatic rings. The summed E-state index contributed by atoms with van der Waals surface area (Å²) in [7, 11) is 1.59. The number of hydrogen-bond acceptors (Lipinski definition) is 6. The van der Waals surface area contributed by atoms with Crippen LogP contribution in [0, 0.1) is 0 Å². The van der Waals surface area contributed by atoms with Gasteiger partial charge in [0.25, 0.3) is 5.91 Å². The molecule has 0 aliphatic heterocycles. The van der Waals surface area contributed by atoms with E-state index >= 15 is 0 Å². The van der Waals surface area contributed by atoms with E-state index in [1.807, 2.05) is 6.07 Å². The van der Waals surface area contributed by atoms with Crippen LogP contribution in [-0.4, -0.2) is 23.0 Å². The smallest absolute Gasteiger partial charge is 0.274 e. The number of carbonyl (C=O) groups is 1. The van der Waals surface area contributed by atoms with Crippen molar-refractivity contribution in [3.05, 3.63) is 66.4 Å². The van der Waals surface area contributed by atoms with Gasteiger partial charge in [0.1, 0.15) is 17.2 Å². The summed E-state index contributed by atoms with van der Waals surface area (Å²) in [6.45, 7) is 0.441. The number of anilines is 2. The van der Waals surface area contributed by atoms with Gasteiger partial charge in [0.2, 0.25) is 5.95 Å². The van der Waals surface area contributed by atoms with Gasteiger partial charge >= 0.3 is 0 Å². The molecule has 0 atom stereocenters. The van der Waals surface area contributed by atoms with E-state index in [9.17, 15) is 4.79 Å². The fraction of sp³-hybridized carbons (Fsp3) is 0.118. The molecule has 1 amide bonds. The van der Waals surface area contributed by atoms with Crippen molar-refractivity contribution in [2.24, 2.45) is 0 Å². The molecule has 1 aromatic carbocycles. The lowest BCUT2D eigenvalue weighted by Crippen LogP contribution is -2.15. The minimum Gasteiger partial charge on any atom is -0.497 e. The Morgan fingerprint density at radius 1 is 1.21 bits per heavy atom. The van der Waals surface area contributed by atoms with Crippen LogP contribution in [0.5, 0.6) is 5.75 Å². The Labute approximate surface area is 138 Å². The fourth-order valence-electron chi connectivity index (χ4n) is 2.02. The highest BCUT2D eigenvalue weighted by atomic mass is 16.5. The van der Waals surface area contributed by atoms with E-state index in [0.29, 0.717) is 18.2 Å². The average molecular weight is 324 g/mol. The number of benzene rings is 1. The maximum Gasteiger partial charge on any atom is 0.274 e. The van der Waals surface area contributed by atoms with Gasteiger partial charge < -0.3 is 19.8 Å². The lowest BCUT2D eigenvalue weighted by Gasteiger charge is -2.07. The number of nitrogens with one attached hydrogen (secondary N) is 2. The number of ether oxygens (including phenoxy) is 1. The number of amides is 1. The van der Waals surface area contributed by atoms with Gasteiger partial charge in [-0.3, -0.25) is 4.79 Å².